The van der Waals surface area contributed by atoms with Gasteiger partial charge in [-0.1, -0.05) is 35.5 Å². The first-order valence-electron chi connectivity index (χ1n) is 9.08. The van der Waals surface area contributed by atoms with Crippen molar-refractivity contribution in [3.05, 3.63) is 83.8 Å². The van der Waals surface area contributed by atoms with Crippen molar-refractivity contribution in [1.29, 1.82) is 0 Å². The summed E-state index contributed by atoms with van der Waals surface area (Å²) in [7, 11) is 0. The lowest BCUT2D eigenvalue weighted by molar-refractivity contribution is 0.0910. The van der Waals surface area contributed by atoms with E-state index in [0.29, 0.717) is 29.9 Å². The second kappa shape index (κ2) is 8.05. The Hall–Kier alpha value is -3.81. The largest absolute Gasteiger partial charge is 0.347 e. The average molecular weight is 391 g/mol. The minimum Gasteiger partial charge on any atom is -0.347 e. The van der Waals surface area contributed by atoms with Crippen LogP contribution in [0.1, 0.15) is 21.9 Å². The van der Waals surface area contributed by atoms with Crippen LogP contribution in [0.4, 0.5) is 4.39 Å². The van der Waals surface area contributed by atoms with Crippen molar-refractivity contribution in [2.75, 3.05) is 6.54 Å². The van der Waals surface area contributed by atoms with Crippen LogP contribution in [0.3, 0.4) is 0 Å². The third kappa shape index (κ3) is 4.21. The van der Waals surface area contributed by atoms with E-state index in [1.807, 2.05) is 30.3 Å². The van der Waals surface area contributed by atoms with Crippen LogP contribution in [0, 0.1) is 12.7 Å². The summed E-state index contributed by atoms with van der Waals surface area (Å²) in [6.45, 7) is 2.26. The Balaban J connectivity index is 1.44. The van der Waals surface area contributed by atoms with Crippen LogP contribution in [0.5, 0.6) is 0 Å². The van der Waals surface area contributed by atoms with Gasteiger partial charge in [0.05, 0.1) is 16.9 Å². The molecule has 0 saturated carbocycles. The summed E-state index contributed by atoms with van der Waals surface area (Å²) >= 11 is 0. The molecule has 2 heterocycles. The Bertz CT molecular complexity index is 1120. The summed E-state index contributed by atoms with van der Waals surface area (Å²) in [5, 5.41) is 11.1. The van der Waals surface area contributed by atoms with E-state index in [4.69, 9.17) is 4.52 Å². The van der Waals surface area contributed by atoms with Crippen molar-refractivity contribution >= 4 is 5.91 Å². The Kier molecular flexibility index (Phi) is 5.15. The fraction of sp³-hybridized carbons (Fsp3) is 0.143. The van der Waals surface area contributed by atoms with Gasteiger partial charge in [0.15, 0.2) is 0 Å². The molecule has 146 valence electrons. The number of carbonyl (C=O) groups is 1. The number of benzene rings is 2. The summed E-state index contributed by atoms with van der Waals surface area (Å²) in [4.78, 5) is 16.4. The number of rotatable bonds is 6. The standard InChI is InChI=1S/C21H18FN5O2/c1-14-18(13-27(25-14)17-9-7-16(22)8-10-17)19-24-21(29-26-19)20(28)23-12-11-15-5-3-2-4-6-15/h2-10,13H,11-12H2,1H3,(H,23,28). The highest BCUT2D eigenvalue weighted by atomic mass is 19.1. The van der Waals surface area contributed by atoms with Gasteiger partial charge in [0, 0.05) is 12.7 Å². The molecule has 0 aliphatic carbocycles. The maximum absolute atomic E-state index is 13.1. The van der Waals surface area contributed by atoms with E-state index in [1.165, 1.54) is 12.1 Å². The molecule has 1 amide bonds. The highest BCUT2D eigenvalue weighted by Crippen LogP contribution is 2.21. The molecule has 4 aromatic rings. The zero-order valence-corrected chi connectivity index (χ0v) is 15.7. The lowest BCUT2D eigenvalue weighted by atomic mass is 10.1. The molecule has 0 aliphatic heterocycles. The number of aryl methyl sites for hydroxylation is 1. The number of nitrogens with one attached hydrogen (secondary N) is 1. The Morgan fingerprint density at radius 1 is 1.14 bits per heavy atom. The van der Waals surface area contributed by atoms with E-state index >= 15 is 0 Å². The first-order valence-corrected chi connectivity index (χ1v) is 9.08. The van der Waals surface area contributed by atoms with Crippen LogP contribution in [0.15, 0.2) is 65.3 Å². The molecule has 4 rings (SSSR count). The monoisotopic (exact) mass is 391 g/mol. The quantitative estimate of drug-likeness (QED) is 0.545. The number of halogens is 1. The van der Waals surface area contributed by atoms with Gasteiger partial charge in [0.1, 0.15) is 5.82 Å². The predicted octanol–water partition coefficient (Wildman–Crippen LogP) is 3.34. The first kappa shape index (κ1) is 18.5. The minimum absolute atomic E-state index is 0.109. The average Bonchev–Trinajstić information content (AvgIpc) is 3.36. The van der Waals surface area contributed by atoms with Crippen molar-refractivity contribution < 1.29 is 13.7 Å². The predicted molar refractivity (Wildman–Crippen MR) is 104 cm³/mol. The Morgan fingerprint density at radius 3 is 2.66 bits per heavy atom. The first-order chi connectivity index (χ1) is 14.1. The maximum atomic E-state index is 13.1. The number of hydrogen-bond acceptors (Lipinski definition) is 5. The van der Waals surface area contributed by atoms with Crippen molar-refractivity contribution in [3.63, 3.8) is 0 Å². The van der Waals surface area contributed by atoms with Crippen LogP contribution in [-0.2, 0) is 6.42 Å². The summed E-state index contributed by atoms with van der Waals surface area (Å²) in [5.74, 6) is -0.590. The smallest absolute Gasteiger partial charge is 0.316 e. The van der Waals surface area contributed by atoms with Gasteiger partial charge in [-0.05, 0) is 43.2 Å². The van der Waals surface area contributed by atoms with Gasteiger partial charge in [0.25, 0.3) is 0 Å². The Morgan fingerprint density at radius 2 is 1.90 bits per heavy atom. The lowest BCUT2D eigenvalue weighted by Crippen LogP contribution is -2.25. The van der Waals surface area contributed by atoms with Gasteiger partial charge in [-0.15, -0.1) is 0 Å². The van der Waals surface area contributed by atoms with E-state index in [2.05, 4.69) is 20.6 Å². The van der Waals surface area contributed by atoms with E-state index in [9.17, 15) is 9.18 Å². The third-order valence-corrected chi connectivity index (χ3v) is 4.39. The molecule has 0 spiro atoms. The normalized spacial score (nSPS) is 10.8. The molecule has 8 heteroatoms. The molecule has 1 N–H and O–H groups in total. The van der Waals surface area contributed by atoms with E-state index in [1.54, 1.807) is 29.9 Å². The molecule has 0 aliphatic rings. The second-order valence-electron chi connectivity index (χ2n) is 6.46. The van der Waals surface area contributed by atoms with Gasteiger partial charge in [-0.2, -0.15) is 10.1 Å². The maximum Gasteiger partial charge on any atom is 0.316 e. The minimum atomic E-state index is -0.428. The van der Waals surface area contributed by atoms with Crippen LogP contribution < -0.4 is 5.32 Å². The van der Waals surface area contributed by atoms with Gasteiger partial charge >= 0.3 is 11.8 Å². The molecule has 0 atom stereocenters. The van der Waals surface area contributed by atoms with Gasteiger partial charge < -0.3 is 9.84 Å². The summed E-state index contributed by atoms with van der Waals surface area (Å²) < 4.78 is 19.8. The van der Waals surface area contributed by atoms with Crippen LogP contribution in [-0.4, -0.2) is 32.4 Å². The highest BCUT2D eigenvalue weighted by molar-refractivity contribution is 5.89. The molecular formula is C21H18FN5O2. The highest BCUT2D eigenvalue weighted by Gasteiger charge is 2.19. The van der Waals surface area contributed by atoms with Crippen molar-refractivity contribution in [2.45, 2.75) is 13.3 Å². The van der Waals surface area contributed by atoms with Crippen LogP contribution >= 0.6 is 0 Å². The molecule has 2 aromatic heterocycles. The number of nitrogens with zero attached hydrogens (tertiary/aromatic N) is 4. The van der Waals surface area contributed by atoms with E-state index < -0.39 is 5.91 Å². The van der Waals surface area contributed by atoms with Crippen LogP contribution in [0.25, 0.3) is 17.1 Å². The van der Waals surface area contributed by atoms with Crippen molar-refractivity contribution in [3.8, 4) is 17.1 Å². The lowest BCUT2D eigenvalue weighted by Gasteiger charge is -2.02. The summed E-state index contributed by atoms with van der Waals surface area (Å²) in [6.07, 6.45) is 2.42. The summed E-state index contributed by atoms with van der Waals surface area (Å²) in [6, 6.07) is 15.8. The number of hydrogen-bond donors (Lipinski definition) is 1. The van der Waals surface area contributed by atoms with Gasteiger partial charge in [-0.25, -0.2) is 9.07 Å². The molecule has 0 saturated heterocycles. The SMILES string of the molecule is Cc1nn(-c2ccc(F)cc2)cc1-c1noc(C(=O)NCCc2ccccc2)n1. The molecule has 0 fully saturated rings. The van der Waals surface area contributed by atoms with Gasteiger partial charge in [0.2, 0.25) is 5.82 Å². The molecule has 2 aromatic carbocycles. The summed E-state index contributed by atoms with van der Waals surface area (Å²) in [5.41, 5.74) is 3.11. The molecule has 0 radical (unpaired) electrons. The zero-order valence-electron chi connectivity index (χ0n) is 15.7. The van der Waals surface area contributed by atoms with Crippen LogP contribution in [0.2, 0.25) is 0 Å². The second-order valence-corrected chi connectivity index (χ2v) is 6.46. The molecule has 7 nitrogen and oxygen atoms in total. The van der Waals surface area contributed by atoms with Crippen molar-refractivity contribution in [1.82, 2.24) is 25.2 Å². The molecule has 29 heavy (non-hydrogen) atoms. The topological polar surface area (TPSA) is 85.8 Å². The fourth-order valence-electron chi connectivity index (χ4n) is 2.87. The molecule has 0 bridgehead atoms. The fourth-order valence-corrected chi connectivity index (χ4v) is 2.87. The number of amides is 1. The molecular weight excluding hydrogens is 373 g/mol. The Labute approximate surface area is 166 Å². The number of aromatic nitrogens is 4. The van der Waals surface area contributed by atoms with E-state index in [-0.39, 0.29) is 17.5 Å². The zero-order chi connectivity index (χ0) is 20.2. The van der Waals surface area contributed by atoms with Gasteiger partial charge in [-0.3, -0.25) is 4.79 Å². The number of carbonyl (C=O) groups excluding carboxylic acids is 1. The van der Waals surface area contributed by atoms with E-state index in [0.717, 1.165) is 5.56 Å². The van der Waals surface area contributed by atoms with Crippen molar-refractivity contribution in [2.24, 2.45) is 0 Å². The third-order valence-electron chi connectivity index (χ3n) is 4.39. The molecule has 0 unspecified atom stereocenters.